The molecule has 0 aliphatic carbocycles. The molecule has 0 amide bonds. The summed E-state index contributed by atoms with van der Waals surface area (Å²) in [5.74, 6) is 0.787. The van der Waals surface area contributed by atoms with Gasteiger partial charge in [-0.05, 0) is 13.8 Å². The molecule has 0 aliphatic heterocycles. The Morgan fingerprint density at radius 2 is 2.05 bits per heavy atom. The van der Waals surface area contributed by atoms with Crippen molar-refractivity contribution < 1.29 is 13.0 Å². The molecule has 0 unspecified atom stereocenters. The number of hydrogen-bond acceptors (Lipinski definition) is 6. The number of nitrogens with one attached hydrogen (secondary N) is 2. The Bertz CT molecular complexity index is 681. The summed E-state index contributed by atoms with van der Waals surface area (Å²) in [6.45, 7) is 4.88. The summed E-state index contributed by atoms with van der Waals surface area (Å²) in [6.07, 6.45) is 5.94. The molecule has 9 heteroatoms. The second-order valence-electron chi connectivity index (χ2n) is 4.22. The predicted molar refractivity (Wildman–Crippen MR) is 77.1 cm³/mol. The summed E-state index contributed by atoms with van der Waals surface area (Å²) in [6, 6.07) is 0. The monoisotopic (exact) mass is 299 g/mol. The number of fused-ring (bicyclic) bond motifs is 1. The van der Waals surface area contributed by atoms with Crippen LogP contribution < -0.4 is 5.32 Å². The van der Waals surface area contributed by atoms with Gasteiger partial charge in [0.25, 0.3) is 10.1 Å². The first-order chi connectivity index (χ1) is 9.27. The number of rotatable bonds is 3. The standard InChI is InChI=1S/C10H13N5.CH4O3S/c1-7(2)3-4-11-9-8-10(13-5-12-8)15-6-14-9;1-5(2,3)4/h3,5-6H,4H2,1-2H3,(H2,11,12,13,14,15);1H3,(H,2,3,4). The van der Waals surface area contributed by atoms with Crippen molar-refractivity contribution in [3.63, 3.8) is 0 Å². The first kappa shape index (κ1) is 16.1. The summed E-state index contributed by atoms with van der Waals surface area (Å²) in [5.41, 5.74) is 2.81. The molecular weight excluding hydrogens is 282 g/mol. The Kier molecular flexibility index (Phi) is 5.59. The van der Waals surface area contributed by atoms with Crippen molar-refractivity contribution >= 4 is 27.1 Å². The van der Waals surface area contributed by atoms with E-state index in [1.54, 1.807) is 6.33 Å². The number of imidazole rings is 1. The first-order valence-electron chi connectivity index (χ1n) is 5.71. The maximum atomic E-state index is 9.19. The summed E-state index contributed by atoms with van der Waals surface area (Å²) in [4.78, 5) is 15.3. The van der Waals surface area contributed by atoms with E-state index in [-0.39, 0.29) is 0 Å². The molecule has 2 rings (SSSR count). The van der Waals surface area contributed by atoms with Crippen LogP contribution in [0.3, 0.4) is 0 Å². The molecule has 0 fully saturated rings. The van der Waals surface area contributed by atoms with Gasteiger partial charge >= 0.3 is 0 Å². The van der Waals surface area contributed by atoms with Crippen LogP contribution >= 0.6 is 0 Å². The molecule has 0 atom stereocenters. The maximum Gasteiger partial charge on any atom is 0.261 e. The van der Waals surface area contributed by atoms with E-state index in [1.165, 1.54) is 11.9 Å². The van der Waals surface area contributed by atoms with E-state index in [9.17, 15) is 8.42 Å². The van der Waals surface area contributed by atoms with Crippen molar-refractivity contribution in [2.24, 2.45) is 0 Å². The molecule has 8 nitrogen and oxygen atoms in total. The molecule has 0 bridgehead atoms. The van der Waals surface area contributed by atoms with Crippen molar-refractivity contribution in [1.82, 2.24) is 19.9 Å². The van der Waals surface area contributed by atoms with Crippen LogP contribution in [-0.4, -0.2) is 45.7 Å². The van der Waals surface area contributed by atoms with Gasteiger partial charge in [-0.15, -0.1) is 0 Å². The number of hydrogen-bond donors (Lipinski definition) is 3. The number of H-pyrrole nitrogens is 1. The van der Waals surface area contributed by atoms with Crippen molar-refractivity contribution in [2.45, 2.75) is 13.8 Å². The normalized spacial score (nSPS) is 10.6. The fraction of sp³-hybridized carbons (Fsp3) is 0.364. The maximum absolute atomic E-state index is 9.19. The van der Waals surface area contributed by atoms with E-state index >= 15 is 0 Å². The molecule has 2 heterocycles. The van der Waals surface area contributed by atoms with E-state index in [4.69, 9.17) is 4.55 Å². The van der Waals surface area contributed by atoms with Crippen LogP contribution in [0.4, 0.5) is 5.82 Å². The zero-order valence-electron chi connectivity index (χ0n) is 11.5. The lowest BCUT2D eigenvalue weighted by molar-refractivity contribution is 0.490. The highest BCUT2D eigenvalue weighted by Gasteiger charge is 2.03. The van der Waals surface area contributed by atoms with Crippen LogP contribution in [0.1, 0.15) is 13.8 Å². The molecule has 2 aromatic rings. The van der Waals surface area contributed by atoms with Crippen molar-refractivity contribution in [3.8, 4) is 0 Å². The van der Waals surface area contributed by atoms with E-state index in [0.717, 1.165) is 17.9 Å². The number of allylic oxidation sites excluding steroid dienone is 1. The highest BCUT2D eigenvalue weighted by atomic mass is 32.2. The van der Waals surface area contributed by atoms with Gasteiger partial charge in [-0.1, -0.05) is 11.6 Å². The van der Waals surface area contributed by atoms with Gasteiger partial charge in [0.2, 0.25) is 0 Å². The zero-order valence-corrected chi connectivity index (χ0v) is 12.3. The van der Waals surface area contributed by atoms with Gasteiger partial charge in [-0.2, -0.15) is 8.42 Å². The first-order valence-corrected chi connectivity index (χ1v) is 7.56. The molecule has 3 N–H and O–H groups in total. The molecule has 2 aromatic heterocycles. The van der Waals surface area contributed by atoms with Crippen molar-refractivity contribution in [2.75, 3.05) is 18.1 Å². The van der Waals surface area contributed by atoms with E-state index in [2.05, 4.69) is 45.2 Å². The van der Waals surface area contributed by atoms with Gasteiger partial charge in [-0.25, -0.2) is 15.0 Å². The largest absolute Gasteiger partial charge is 0.365 e. The molecule has 0 saturated heterocycles. The Morgan fingerprint density at radius 1 is 1.40 bits per heavy atom. The van der Waals surface area contributed by atoms with Crippen LogP contribution in [0.2, 0.25) is 0 Å². The lowest BCUT2D eigenvalue weighted by Gasteiger charge is -2.02. The minimum Gasteiger partial charge on any atom is -0.365 e. The highest BCUT2D eigenvalue weighted by Crippen LogP contribution is 2.13. The van der Waals surface area contributed by atoms with Crippen LogP contribution in [0.15, 0.2) is 24.3 Å². The molecule has 20 heavy (non-hydrogen) atoms. The van der Waals surface area contributed by atoms with E-state index < -0.39 is 10.1 Å². The number of aromatic amines is 1. The van der Waals surface area contributed by atoms with Gasteiger partial charge in [0.15, 0.2) is 11.5 Å². The molecular formula is C11H17N5O3S. The smallest absolute Gasteiger partial charge is 0.261 e. The highest BCUT2D eigenvalue weighted by molar-refractivity contribution is 7.85. The minimum atomic E-state index is -3.67. The zero-order chi connectivity index (χ0) is 15.2. The second kappa shape index (κ2) is 6.96. The van der Waals surface area contributed by atoms with Crippen LogP contribution in [-0.2, 0) is 10.1 Å². The van der Waals surface area contributed by atoms with Gasteiger partial charge < -0.3 is 10.3 Å². The van der Waals surface area contributed by atoms with Crippen molar-refractivity contribution in [1.29, 1.82) is 0 Å². The van der Waals surface area contributed by atoms with E-state index in [0.29, 0.717) is 11.9 Å². The van der Waals surface area contributed by atoms with Crippen LogP contribution in [0.25, 0.3) is 11.2 Å². The van der Waals surface area contributed by atoms with Gasteiger partial charge in [0.05, 0.1) is 12.6 Å². The summed E-state index contributed by atoms with van der Waals surface area (Å²) in [7, 11) is -3.67. The Balaban J connectivity index is 0.000000347. The van der Waals surface area contributed by atoms with Crippen molar-refractivity contribution in [3.05, 3.63) is 24.3 Å². The average molecular weight is 299 g/mol. The molecule has 0 aromatic carbocycles. The van der Waals surface area contributed by atoms with E-state index in [1.807, 2.05) is 0 Å². The fourth-order valence-electron chi connectivity index (χ4n) is 1.25. The minimum absolute atomic E-state index is 0.685. The number of nitrogens with zero attached hydrogens (tertiary/aromatic N) is 3. The third-order valence-corrected chi connectivity index (χ3v) is 2.00. The second-order valence-corrected chi connectivity index (χ2v) is 5.68. The Morgan fingerprint density at radius 3 is 2.65 bits per heavy atom. The quantitative estimate of drug-likeness (QED) is 0.575. The number of anilines is 1. The molecule has 0 radical (unpaired) electrons. The summed E-state index contributed by atoms with van der Waals surface area (Å²) >= 11 is 0. The molecule has 0 saturated carbocycles. The summed E-state index contributed by atoms with van der Waals surface area (Å²) < 4.78 is 25.9. The Labute approximate surface area is 117 Å². The topological polar surface area (TPSA) is 121 Å². The fourth-order valence-corrected chi connectivity index (χ4v) is 1.25. The average Bonchev–Trinajstić information content (AvgIpc) is 2.75. The molecule has 0 aliphatic rings. The lowest BCUT2D eigenvalue weighted by atomic mass is 10.3. The van der Waals surface area contributed by atoms with Gasteiger partial charge in [0.1, 0.15) is 11.8 Å². The molecule has 0 spiro atoms. The van der Waals surface area contributed by atoms with Gasteiger partial charge in [0, 0.05) is 6.54 Å². The SMILES string of the molecule is CC(C)=CCNc1ncnc2nc[nH]c12.CS(=O)(=O)O. The van der Waals surface area contributed by atoms with Crippen LogP contribution in [0.5, 0.6) is 0 Å². The number of aromatic nitrogens is 4. The molecule has 110 valence electrons. The van der Waals surface area contributed by atoms with Crippen LogP contribution in [0, 0.1) is 0 Å². The Hall–Kier alpha value is -2.00. The lowest BCUT2D eigenvalue weighted by Crippen LogP contribution is -2.02. The third-order valence-electron chi connectivity index (χ3n) is 2.00. The third kappa shape index (κ3) is 6.25. The predicted octanol–water partition coefficient (Wildman–Crippen LogP) is 1.23. The summed E-state index contributed by atoms with van der Waals surface area (Å²) in [5, 5.41) is 3.21. The van der Waals surface area contributed by atoms with Gasteiger partial charge in [-0.3, -0.25) is 4.55 Å².